The van der Waals surface area contributed by atoms with E-state index in [0.717, 1.165) is 0 Å². The van der Waals surface area contributed by atoms with Crippen LogP contribution in [0.5, 0.6) is 0 Å². The molecule has 0 aromatic carbocycles. The van der Waals surface area contributed by atoms with Crippen LogP contribution in [0.25, 0.3) is 0 Å². The Bertz CT molecular complexity index is 194. The first-order chi connectivity index (χ1) is 11.7. The van der Waals surface area contributed by atoms with Gasteiger partial charge >= 0.3 is 0 Å². The minimum atomic E-state index is 0.417. The summed E-state index contributed by atoms with van der Waals surface area (Å²) in [7, 11) is 4.76. The predicted octanol–water partition coefficient (Wildman–Crippen LogP) is 7.06. The van der Waals surface area contributed by atoms with Crippen LogP contribution in [0.4, 0.5) is 0 Å². The Hall–Kier alpha value is 0.177. The van der Waals surface area contributed by atoms with Crippen molar-refractivity contribution in [3.8, 4) is 0 Å². The van der Waals surface area contributed by atoms with Crippen molar-refractivity contribution in [3.05, 3.63) is 0 Å². The molecule has 0 aliphatic rings. The Morgan fingerprint density at radius 2 is 0.750 bits per heavy atom. The molecular weight excluding hydrogens is 306 g/mol. The van der Waals surface area contributed by atoms with Crippen LogP contribution in [0.15, 0.2) is 0 Å². The highest BCUT2D eigenvalue weighted by molar-refractivity contribution is 6.31. The predicted molar refractivity (Wildman–Crippen MR) is 118 cm³/mol. The smallest absolute Gasteiger partial charge is 0.0135 e. The summed E-state index contributed by atoms with van der Waals surface area (Å²) < 4.78 is 0. The lowest BCUT2D eigenvalue weighted by Crippen LogP contribution is -2.12. The lowest BCUT2D eigenvalue weighted by Gasteiger charge is -2.08. The quantitative estimate of drug-likeness (QED) is 0.199. The third-order valence-electron chi connectivity index (χ3n) is 4.46. The van der Waals surface area contributed by atoms with Crippen molar-refractivity contribution in [1.82, 2.24) is 4.90 Å². The van der Waals surface area contributed by atoms with Crippen LogP contribution in [0.3, 0.4) is 0 Å². The summed E-state index contributed by atoms with van der Waals surface area (Å²) in [6.07, 6.45) is 23.3. The van der Waals surface area contributed by atoms with E-state index in [0.29, 0.717) is 9.52 Å². The summed E-state index contributed by atoms with van der Waals surface area (Å²) >= 11 is 0. The molecule has 0 bridgehead atoms. The second kappa shape index (κ2) is 25.4. The highest BCUT2D eigenvalue weighted by Crippen LogP contribution is 2.13. The van der Waals surface area contributed by atoms with E-state index in [9.17, 15) is 0 Å². The molecule has 0 aliphatic heterocycles. The van der Waals surface area contributed by atoms with E-state index in [2.05, 4.69) is 39.0 Å². The molecule has 0 N–H and O–H groups in total. The summed E-state index contributed by atoms with van der Waals surface area (Å²) in [6.45, 7) is 8.09. The van der Waals surface area contributed by atoms with Gasteiger partial charge in [-0.3, -0.25) is 0 Å². The van der Waals surface area contributed by atoms with Gasteiger partial charge in [-0.25, -0.2) is 0 Å². The first-order valence-electron chi connectivity index (χ1n) is 11.3. The molecular formula is C22H51NSi. The fourth-order valence-corrected chi connectivity index (χ4v) is 2.98. The maximum absolute atomic E-state index is 2.30. The van der Waals surface area contributed by atoms with Gasteiger partial charge in [0.2, 0.25) is 0 Å². The molecule has 0 aliphatic carbocycles. The maximum atomic E-state index is 2.30. The molecule has 0 aromatic rings. The van der Waals surface area contributed by atoms with Crippen molar-refractivity contribution >= 4 is 9.52 Å². The van der Waals surface area contributed by atoms with Gasteiger partial charge in [-0.1, -0.05) is 116 Å². The summed E-state index contributed by atoms with van der Waals surface area (Å²) in [5, 5.41) is 0. The molecule has 0 heterocycles. The number of unbranched alkanes of at least 4 members (excludes halogenated alkanes) is 15. The number of hydrogen-bond donors (Lipinski definition) is 0. The van der Waals surface area contributed by atoms with Gasteiger partial charge in [-0.05, 0) is 27.1 Å². The first-order valence-corrected chi connectivity index (χ1v) is 14.2. The summed E-state index contributed by atoms with van der Waals surface area (Å²) in [5.74, 6) is 0. The molecule has 0 amide bonds. The van der Waals surface area contributed by atoms with E-state index in [1.54, 1.807) is 0 Å². The fraction of sp³-hybridized carbons (Fsp3) is 1.00. The summed E-state index contributed by atoms with van der Waals surface area (Å²) in [5.41, 5.74) is 0. The normalized spacial score (nSPS) is 10.8. The van der Waals surface area contributed by atoms with Crippen molar-refractivity contribution in [3.63, 3.8) is 0 Å². The minimum absolute atomic E-state index is 0.417. The van der Waals surface area contributed by atoms with Gasteiger partial charge < -0.3 is 4.90 Å². The summed E-state index contributed by atoms with van der Waals surface area (Å²) in [6, 6.07) is 0. The third kappa shape index (κ3) is 30.1. The molecule has 1 nitrogen and oxygen atoms in total. The first kappa shape index (κ1) is 26.4. The van der Waals surface area contributed by atoms with Crippen molar-refractivity contribution in [2.24, 2.45) is 0 Å². The molecule has 0 spiro atoms. The highest BCUT2D eigenvalue weighted by atomic mass is 28.2. The third-order valence-corrected chi connectivity index (χ3v) is 4.46. The van der Waals surface area contributed by atoms with Gasteiger partial charge in [0.25, 0.3) is 0 Å². The summed E-state index contributed by atoms with van der Waals surface area (Å²) in [4.78, 5) is 2.30. The minimum Gasteiger partial charge on any atom is -0.309 e. The van der Waals surface area contributed by atoms with Crippen LogP contribution in [-0.4, -0.2) is 35.1 Å². The van der Waals surface area contributed by atoms with E-state index in [4.69, 9.17) is 0 Å². The van der Waals surface area contributed by atoms with Crippen molar-refractivity contribution in [1.29, 1.82) is 0 Å². The molecule has 0 saturated carbocycles. The molecule has 148 valence electrons. The van der Waals surface area contributed by atoms with E-state index in [1.165, 1.54) is 109 Å². The zero-order chi connectivity index (χ0) is 18.3. The van der Waals surface area contributed by atoms with Gasteiger partial charge in [0, 0.05) is 9.52 Å². The lowest BCUT2D eigenvalue weighted by atomic mass is 10.0. The Morgan fingerprint density at radius 1 is 0.500 bits per heavy atom. The second-order valence-corrected chi connectivity index (χ2v) is 9.23. The van der Waals surface area contributed by atoms with Crippen molar-refractivity contribution in [2.75, 3.05) is 20.6 Å². The zero-order valence-electron chi connectivity index (χ0n) is 18.2. The van der Waals surface area contributed by atoms with Crippen LogP contribution < -0.4 is 0 Å². The fourth-order valence-electron chi connectivity index (χ4n) is 2.98. The van der Waals surface area contributed by atoms with Gasteiger partial charge in [-0.2, -0.15) is 0 Å². The Balaban J connectivity index is 0. The molecule has 0 atom stereocenters. The average Bonchev–Trinajstić information content (AvgIpc) is 2.55. The van der Waals surface area contributed by atoms with Gasteiger partial charge in [0.1, 0.15) is 0 Å². The standard InChI is InChI=1S/C20H43N.C2H8Si/c1-4-5-6-7-8-9-10-11-12-13-14-15-16-17-18-19-20-21(2)3;1-3-2/h4-20H2,1-3H3;3H2,1-2H3. The molecule has 24 heavy (non-hydrogen) atoms. The largest absolute Gasteiger partial charge is 0.309 e. The molecule has 0 radical (unpaired) electrons. The van der Waals surface area contributed by atoms with Gasteiger partial charge in [0.15, 0.2) is 0 Å². The van der Waals surface area contributed by atoms with Gasteiger partial charge in [-0.15, -0.1) is 0 Å². The van der Waals surface area contributed by atoms with Crippen LogP contribution in [0.2, 0.25) is 13.1 Å². The van der Waals surface area contributed by atoms with Gasteiger partial charge in [0.05, 0.1) is 0 Å². The van der Waals surface area contributed by atoms with Crippen molar-refractivity contribution < 1.29 is 0 Å². The highest BCUT2D eigenvalue weighted by Gasteiger charge is 1.95. The van der Waals surface area contributed by atoms with E-state index >= 15 is 0 Å². The molecule has 0 rings (SSSR count). The van der Waals surface area contributed by atoms with Crippen LogP contribution in [0.1, 0.15) is 110 Å². The Kier molecular flexibility index (Phi) is 28.0. The lowest BCUT2D eigenvalue weighted by molar-refractivity contribution is 0.389. The van der Waals surface area contributed by atoms with Crippen LogP contribution in [-0.2, 0) is 0 Å². The van der Waals surface area contributed by atoms with E-state index in [1.807, 2.05) is 0 Å². The molecule has 2 heteroatoms. The molecule has 0 aromatic heterocycles. The zero-order valence-corrected chi connectivity index (χ0v) is 19.6. The average molecular weight is 358 g/mol. The van der Waals surface area contributed by atoms with E-state index in [-0.39, 0.29) is 0 Å². The molecule has 0 saturated heterocycles. The number of hydrogen-bond acceptors (Lipinski definition) is 1. The SMILES string of the molecule is CCCCCCCCCCCCCCCCCCN(C)C.C[SiH2]C. The van der Waals surface area contributed by atoms with Crippen molar-refractivity contribution in [2.45, 2.75) is 123 Å². The van der Waals surface area contributed by atoms with Crippen LogP contribution in [0, 0.1) is 0 Å². The molecule has 0 fully saturated rings. The Morgan fingerprint density at radius 3 is 1.00 bits per heavy atom. The topological polar surface area (TPSA) is 3.24 Å². The molecule has 0 unspecified atom stereocenters. The maximum Gasteiger partial charge on any atom is 0.0135 e. The Labute approximate surface area is 158 Å². The number of nitrogens with zero attached hydrogens (tertiary/aromatic N) is 1. The van der Waals surface area contributed by atoms with E-state index < -0.39 is 0 Å². The second-order valence-electron chi connectivity index (χ2n) is 7.81. The number of rotatable bonds is 17. The monoisotopic (exact) mass is 357 g/mol. The van der Waals surface area contributed by atoms with Crippen LogP contribution >= 0.6 is 0 Å².